The van der Waals surface area contributed by atoms with Crippen molar-refractivity contribution >= 4 is 21.8 Å². The van der Waals surface area contributed by atoms with Crippen LogP contribution in [0.5, 0.6) is 0 Å². The van der Waals surface area contributed by atoms with Gasteiger partial charge < -0.3 is 16.4 Å². The van der Waals surface area contributed by atoms with Crippen LogP contribution in [-0.4, -0.2) is 37.9 Å². The van der Waals surface area contributed by atoms with Crippen LogP contribution in [0.25, 0.3) is 0 Å². The van der Waals surface area contributed by atoms with Crippen LogP contribution in [0.2, 0.25) is 0 Å². The highest BCUT2D eigenvalue weighted by Crippen LogP contribution is 2.21. The number of hydrogen-bond donors (Lipinski definition) is 3. The molecule has 1 aromatic rings. The topological polar surface area (TPSA) is 118 Å². The second kappa shape index (κ2) is 6.99. The molecule has 0 bridgehead atoms. The lowest BCUT2D eigenvalue weighted by Crippen LogP contribution is -2.40. The van der Waals surface area contributed by atoms with E-state index in [1.807, 2.05) is 31.2 Å². The second-order valence-electron chi connectivity index (χ2n) is 5.79. The number of aryl methyl sites for hydroxylation is 1. The van der Waals surface area contributed by atoms with Gasteiger partial charge in [-0.05, 0) is 24.5 Å². The molecule has 0 aliphatic carbocycles. The van der Waals surface area contributed by atoms with Crippen LogP contribution in [0.3, 0.4) is 0 Å². The Balaban J connectivity index is 2.04. The van der Waals surface area contributed by atoms with Gasteiger partial charge in [0.2, 0.25) is 5.91 Å². The van der Waals surface area contributed by atoms with E-state index in [9.17, 15) is 18.0 Å². The summed E-state index contributed by atoms with van der Waals surface area (Å²) in [4.78, 5) is 23.4. The summed E-state index contributed by atoms with van der Waals surface area (Å²) in [5.74, 6) is -0.246. The predicted octanol–water partition coefficient (Wildman–Crippen LogP) is 0.398. The minimum absolute atomic E-state index is 0.00431. The largest absolute Gasteiger partial charge is 0.352 e. The molecule has 0 aromatic heterocycles. The number of carbonyl (C=O) groups excluding carboxylic acids is 2. The predicted molar refractivity (Wildman–Crippen MR) is 86.5 cm³/mol. The molecule has 2 atom stereocenters. The summed E-state index contributed by atoms with van der Waals surface area (Å²) in [7, 11) is -3.05. The van der Waals surface area contributed by atoms with Crippen LogP contribution in [0.4, 0.5) is 4.79 Å². The molecule has 0 unspecified atom stereocenters. The first-order valence-corrected chi connectivity index (χ1v) is 9.20. The summed E-state index contributed by atoms with van der Waals surface area (Å²) in [6, 6.07) is 5.76. The van der Waals surface area contributed by atoms with Crippen molar-refractivity contribution < 1.29 is 18.0 Å². The fourth-order valence-corrected chi connectivity index (χ4v) is 4.44. The summed E-state index contributed by atoms with van der Waals surface area (Å²) in [6.07, 6.45) is 0.427. The lowest BCUT2D eigenvalue weighted by molar-refractivity contribution is -0.122. The summed E-state index contributed by atoms with van der Waals surface area (Å²) in [5, 5.41) is 5.29. The Labute approximate surface area is 135 Å². The molecular formula is C15H21N3O4S. The Morgan fingerprint density at radius 2 is 2.04 bits per heavy atom. The maximum atomic E-state index is 12.2. The van der Waals surface area contributed by atoms with Gasteiger partial charge in [-0.2, -0.15) is 0 Å². The standard InChI is InChI=1S/C15H21N3O4S/c1-10-4-2-3-5-12(10)13(18-15(16)20)8-14(19)17-11-6-7-23(21,22)9-11/h2-5,11,13H,6-9H2,1H3,(H,17,19)(H3,16,18,20)/t11-,13+/m0/s1. The quantitative estimate of drug-likeness (QED) is 0.719. The molecule has 4 N–H and O–H groups in total. The van der Waals surface area contributed by atoms with Crippen molar-refractivity contribution in [1.82, 2.24) is 10.6 Å². The van der Waals surface area contributed by atoms with E-state index in [-0.39, 0.29) is 29.9 Å². The lowest BCUT2D eigenvalue weighted by atomic mass is 9.98. The van der Waals surface area contributed by atoms with E-state index < -0.39 is 21.9 Å². The first-order valence-electron chi connectivity index (χ1n) is 7.38. The highest BCUT2D eigenvalue weighted by Gasteiger charge is 2.29. The van der Waals surface area contributed by atoms with Crippen LogP contribution < -0.4 is 16.4 Å². The molecule has 3 amide bonds. The second-order valence-corrected chi connectivity index (χ2v) is 8.02. The van der Waals surface area contributed by atoms with E-state index in [4.69, 9.17) is 5.73 Å². The number of sulfone groups is 1. The first kappa shape index (κ1) is 17.3. The summed E-state index contributed by atoms with van der Waals surface area (Å²) in [5.41, 5.74) is 6.93. The number of benzene rings is 1. The zero-order valence-electron chi connectivity index (χ0n) is 12.9. The zero-order chi connectivity index (χ0) is 17.0. The van der Waals surface area contributed by atoms with Gasteiger partial charge in [-0.15, -0.1) is 0 Å². The van der Waals surface area contributed by atoms with Gasteiger partial charge in [0.1, 0.15) is 0 Å². The van der Waals surface area contributed by atoms with Crippen LogP contribution in [0, 0.1) is 6.92 Å². The maximum Gasteiger partial charge on any atom is 0.312 e. The van der Waals surface area contributed by atoms with Gasteiger partial charge >= 0.3 is 6.03 Å². The van der Waals surface area contributed by atoms with Gasteiger partial charge in [0.25, 0.3) is 0 Å². The molecule has 1 aromatic carbocycles. The van der Waals surface area contributed by atoms with Crippen LogP contribution >= 0.6 is 0 Å². The molecule has 1 heterocycles. The Morgan fingerprint density at radius 1 is 1.35 bits per heavy atom. The minimum Gasteiger partial charge on any atom is -0.352 e. The van der Waals surface area contributed by atoms with E-state index in [0.717, 1.165) is 11.1 Å². The van der Waals surface area contributed by atoms with Gasteiger partial charge in [0, 0.05) is 6.04 Å². The number of carbonyl (C=O) groups is 2. The fourth-order valence-electron chi connectivity index (χ4n) is 2.77. The number of nitrogens with two attached hydrogens (primary N) is 1. The number of amides is 3. The van der Waals surface area contributed by atoms with Crippen molar-refractivity contribution in [2.75, 3.05) is 11.5 Å². The molecule has 126 valence electrons. The summed E-state index contributed by atoms with van der Waals surface area (Å²) in [6.45, 7) is 1.88. The molecule has 2 rings (SSSR count). The van der Waals surface area contributed by atoms with Crippen molar-refractivity contribution in [3.8, 4) is 0 Å². The maximum absolute atomic E-state index is 12.2. The molecule has 7 nitrogen and oxygen atoms in total. The molecular weight excluding hydrogens is 318 g/mol. The normalized spacial score (nSPS) is 20.7. The monoisotopic (exact) mass is 339 g/mol. The Kier molecular flexibility index (Phi) is 5.25. The van der Waals surface area contributed by atoms with Gasteiger partial charge in [-0.3, -0.25) is 4.79 Å². The molecule has 8 heteroatoms. The van der Waals surface area contributed by atoms with Crippen molar-refractivity contribution in [3.05, 3.63) is 35.4 Å². The summed E-state index contributed by atoms with van der Waals surface area (Å²) >= 11 is 0. The number of urea groups is 1. The van der Waals surface area contributed by atoms with Gasteiger partial charge in [-0.25, -0.2) is 13.2 Å². The van der Waals surface area contributed by atoms with Gasteiger partial charge in [0.05, 0.1) is 24.0 Å². The average Bonchev–Trinajstić information content (AvgIpc) is 2.77. The third-order valence-corrected chi connectivity index (χ3v) is 5.64. The molecule has 1 fully saturated rings. The van der Waals surface area contributed by atoms with E-state index in [0.29, 0.717) is 6.42 Å². The number of hydrogen-bond acceptors (Lipinski definition) is 4. The van der Waals surface area contributed by atoms with Gasteiger partial charge in [0.15, 0.2) is 9.84 Å². The van der Waals surface area contributed by atoms with Crippen molar-refractivity contribution in [1.29, 1.82) is 0 Å². The third-order valence-electron chi connectivity index (χ3n) is 3.87. The van der Waals surface area contributed by atoms with Gasteiger partial charge in [-0.1, -0.05) is 24.3 Å². The van der Waals surface area contributed by atoms with E-state index in [2.05, 4.69) is 10.6 Å². The first-order chi connectivity index (χ1) is 10.8. The number of nitrogens with one attached hydrogen (secondary N) is 2. The fraction of sp³-hybridized carbons (Fsp3) is 0.467. The van der Waals surface area contributed by atoms with E-state index >= 15 is 0 Å². The van der Waals surface area contributed by atoms with Crippen molar-refractivity contribution in [3.63, 3.8) is 0 Å². The Morgan fingerprint density at radius 3 is 2.61 bits per heavy atom. The van der Waals surface area contributed by atoms with E-state index in [1.165, 1.54) is 0 Å². The zero-order valence-corrected chi connectivity index (χ0v) is 13.7. The number of rotatable bonds is 5. The highest BCUT2D eigenvalue weighted by atomic mass is 32.2. The summed E-state index contributed by atoms with van der Waals surface area (Å²) < 4.78 is 22.9. The molecule has 1 aliphatic rings. The molecule has 23 heavy (non-hydrogen) atoms. The lowest BCUT2D eigenvalue weighted by Gasteiger charge is -2.20. The molecule has 0 radical (unpaired) electrons. The molecule has 0 saturated carbocycles. The van der Waals surface area contributed by atoms with Crippen LogP contribution in [-0.2, 0) is 14.6 Å². The Bertz CT molecular complexity index is 702. The average molecular weight is 339 g/mol. The van der Waals surface area contributed by atoms with Crippen molar-refractivity contribution in [2.45, 2.75) is 31.8 Å². The minimum atomic E-state index is -3.05. The van der Waals surface area contributed by atoms with E-state index in [1.54, 1.807) is 0 Å². The highest BCUT2D eigenvalue weighted by molar-refractivity contribution is 7.91. The Hall–Kier alpha value is -2.09. The number of primary amides is 1. The molecule has 1 aliphatic heterocycles. The van der Waals surface area contributed by atoms with Crippen LogP contribution in [0.15, 0.2) is 24.3 Å². The molecule has 1 saturated heterocycles. The molecule has 0 spiro atoms. The third kappa shape index (κ3) is 4.95. The van der Waals surface area contributed by atoms with Crippen LogP contribution in [0.1, 0.15) is 30.0 Å². The smallest absolute Gasteiger partial charge is 0.312 e. The van der Waals surface area contributed by atoms with Crippen molar-refractivity contribution in [2.24, 2.45) is 5.73 Å². The SMILES string of the molecule is Cc1ccccc1[C@@H](CC(=O)N[C@H]1CCS(=O)(=O)C1)NC(N)=O.